The van der Waals surface area contributed by atoms with E-state index in [0.29, 0.717) is 0 Å². The molecule has 2 unspecified atom stereocenters. The van der Waals surface area contributed by atoms with Crippen LogP contribution in [0.2, 0.25) is 0 Å². The zero-order valence-corrected chi connectivity index (χ0v) is 6.59. The molecule has 0 radical (unpaired) electrons. The third-order valence-corrected chi connectivity index (χ3v) is 3.28. The van der Waals surface area contributed by atoms with E-state index in [-0.39, 0.29) is 0 Å². The van der Waals surface area contributed by atoms with Crippen molar-refractivity contribution < 1.29 is 0 Å². The van der Waals surface area contributed by atoms with Crippen molar-refractivity contribution in [2.75, 3.05) is 0 Å². The highest BCUT2D eigenvalue weighted by molar-refractivity contribution is 5.46. The number of hydrogen-bond donors (Lipinski definition) is 0. The molecular weight excluding hydrogens is 132 g/mol. The maximum absolute atomic E-state index is 2.42. The molecule has 0 bridgehead atoms. The van der Waals surface area contributed by atoms with E-state index in [1.54, 1.807) is 11.1 Å². The number of rotatable bonds is 0. The molecule has 0 aliphatic heterocycles. The molecule has 0 N–H and O–H groups in total. The van der Waals surface area contributed by atoms with E-state index >= 15 is 0 Å². The fourth-order valence-corrected chi connectivity index (χ4v) is 2.45. The lowest BCUT2D eigenvalue weighted by atomic mass is 9.66. The monoisotopic (exact) mass is 144 g/mol. The highest BCUT2D eigenvalue weighted by Gasteiger charge is 2.34. The molecule has 56 valence electrons. The first-order valence-electron chi connectivity index (χ1n) is 4.53. The van der Waals surface area contributed by atoms with E-state index in [0.717, 1.165) is 11.8 Å². The lowest BCUT2D eigenvalue weighted by Gasteiger charge is -2.38. The molecular formula is C11H12. The molecule has 0 saturated heterocycles. The molecule has 11 heavy (non-hydrogen) atoms. The Labute approximate surface area is 67.3 Å². The highest BCUT2D eigenvalue weighted by atomic mass is 14.4. The van der Waals surface area contributed by atoms with Gasteiger partial charge >= 0.3 is 0 Å². The van der Waals surface area contributed by atoms with Crippen LogP contribution >= 0.6 is 0 Å². The summed E-state index contributed by atoms with van der Waals surface area (Å²) in [7, 11) is 0. The van der Waals surface area contributed by atoms with E-state index in [1.807, 2.05) is 0 Å². The van der Waals surface area contributed by atoms with E-state index < -0.39 is 0 Å². The molecule has 0 heterocycles. The molecule has 3 aliphatic carbocycles. The smallest absolute Gasteiger partial charge is 0.00915 e. The summed E-state index contributed by atoms with van der Waals surface area (Å²) in [5, 5.41) is 0. The summed E-state index contributed by atoms with van der Waals surface area (Å²) in [4.78, 5) is 0. The number of allylic oxidation sites excluding steroid dienone is 6. The average molecular weight is 144 g/mol. The molecule has 1 fully saturated rings. The summed E-state index contributed by atoms with van der Waals surface area (Å²) in [6.07, 6.45) is 13.4. The van der Waals surface area contributed by atoms with E-state index in [1.165, 1.54) is 19.3 Å². The van der Waals surface area contributed by atoms with Gasteiger partial charge in [0, 0.05) is 0 Å². The van der Waals surface area contributed by atoms with Crippen LogP contribution in [0, 0.1) is 11.8 Å². The summed E-state index contributed by atoms with van der Waals surface area (Å²) in [5.41, 5.74) is 3.25. The third kappa shape index (κ3) is 0.649. The number of hydrogen-bond acceptors (Lipinski definition) is 0. The van der Waals surface area contributed by atoms with E-state index in [4.69, 9.17) is 0 Å². The van der Waals surface area contributed by atoms with Gasteiger partial charge in [0.1, 0.15) is 0 Å². The van der Waals surface area contributed by atoms with Crippen LogP contribution in [0.3, 0.4) is 0 Å². The Morgan fingerprint density at radius 1 is 1.18 bits per heavy atom. The first kappa shape index (κ1) is 5.82. The zero-order valence-electron chi connectivity index (χ0n) is 6.59. The van der Waals surface area contributed by atoms with Gasteiger partial charge in [-0.2, -0.15) is 0 Å². The number of fused-ring (bicyclic) bond motifs is 2. The Balaban J connectivity index is 2.05. The first-order valence-corrected chi connectivity index (χ1v) is 4.53. The van der Waals surface area contributed by atoms with Crippen LogP contribution in [0.25, 0.3) is 0 Å². The standard InChI is InChI=1S/C11H12/c1-2-8-4-5-9-6-7-11(9)10(8)3-1/h1,3-5,9,11H,2,6-7H2. The summed E-state index contributed by atoms with van der Waals surface area (Å²) >= 11 is 0. The summed E-state index contributed by atoms with van der Waals surface area (Å²) in [6.45, 7) is 0. The van der Waals surface area contributed by atoms with Gasteiger partial charge in [-0.05, 0) is 42.2 Å². The minimum absolute atomic E-state index is 0.900. The van der Waals surface area contributed by atoms with E-state index in [9.17, 15) is 0 Å². The second-order valence-electron chi connectivity index (χ2n) is 3.79. The summed E-state index contributed by atoms with van der Waals surface area (Å²) in [5.74, 6) is 1.81. The van der Waals surface area contributed by atoms with Crippen molar-refractivity contribution in [2.24, 2.45) is 11.8 Å². The third-order valence-electron chi connectivity index (χ3n) is 3.28. The van der Waals surface area contributed by atoms with Gasteiger partial charge < -0.3 is 0 Å². The predicted octanol–water partition coefficient (Wildman–Crippen LogP) is 2.84. The first-order chi connectivity index (χ1) is 5.45. The molecule has 0 spiro atoms. The van der Waals surface area contributed by atoms with Crippen LogP contribution in [-0.4, -0.2) is 0 Å². The lowest BCUT2D eigenvalue weighted by molar-refractivity contribution is 0.270. The molecule has 2 atom stereocenters. The fourth-order valence-electron chi connectivity index (χ4n) is 2.45. The molecule has 3 aliphatic rings. The Bertz CT molecular complexity index is 278. The SMILES string of the molecule is C1=CC2=C(C=CC3CCC23)C1. The Morgan fingerprint density at radius 2 is 2.18 bits per heavy atom. The van der Waals surface area contributed by atoms with Crippen LogP contribution in [0.5, 0.6) is 0 Å². The second-order valence-corrected chi connectivity index (χ2v) is 3.79. The van der Waals surface area contributed by atoms with Crippen molar-refractivity contribution in [1.29, 1.82) is 0 Å². The van der Waals surface area contributed by atoms with Crippen molar-refractivity contribution in [1.82, 2.24) is 0 Å². The molecule has 0 aromatic rings. The van der Waals surface area contributed by atoms with Gasteiger partial charge in [0.15, 0.2) is 0 Å². The zero-order chi connectivity index (χ0) is 7.26. The topological polar surface area (TPSA) is 0 Å². The van der Waals surface area contributed by atoms with Gasteiger partial charge in [-0.15, -0.1) is 0 Å². The fraction of sp³-hybridized carbons (Fsp3) is 0.455. The largest absolute Gasteiger partial charge is 0.0805 e. The van der Waals surface area contributed by atoms with Crippen molar-refractivity contribution >= 4 is 0 Å². The van der Waals surface area contributed by atoms with Crippen LogP contribution in [0.1, 0.15) is 19.3 Å². The predicted molar refractivity (Wildman–Crippen MR) is 46.1 cm³/mol. The lowest BCUT2D eigenvalue weighted by Crippen LogP contribution is -2.27. The maximum atomic E-state index is 2.42. The van der Waals surface area contributed by atoms with Gasteiger partial charge in [-0.3, -0.25) is 0 Å². The molecule has 0 aromatic carbocycles. The van der Waals surface area contributed by atoms with Crippen molar-refractivity contribution in [3.8, 4) is 0 Å². The van der Waals surface area contributed by atoms with Gasteiger partial charge in [-0.1, -0.05) is 24.3 Å². The maximum Gasteiger partial charge on any atom is -0.00915 e. The van der Waals surface area contributed by atoms with Crippen LogP contribution in [0.4, 0.5) is 0 Å². The second kappa shape index (κ2) is 1.88. The van der Waals surface area contributed by atoms with Crippen molar-refractivity contribution in [2.45, 2.75) is 19.3 Å². The highest BCUT2D eigenvalue weighted by Crippen LogP contribution is 2.47. The molecule has 0 aromatic heterocycles. The van der Waals surface area contributed by atoms with E-state index in [2.05, 4.69) is 24.3 Å². The minimum atomic E-state index is 0.900. The summed E-state index contributed by atoms with van der Waals surface area (Å²) in [6, 6.07) is 0. The average Bonchev–Trinajstić information content (AvgIpc) is 2.34. The van der Waals surface area contributed by atoms with Crippen LogP contribution < -0.4 is 0 Å². The van der Waals surface area contributed by atoms with Gasteiger partial charge in [0.2, 0.25) is 0 Å². The minimum Gasteiger partial charge on any atom is -0.0805 e. The Kier molecular flexibility index (Phi) is 0.993. The quantitative estimate of drug-likeness (QED) is 0.490. The summed E-state index contributed by atoms with van der Waals surface area (Å²) < 4.78 is 0. The van der Waals surface area contributed by atoms with Crippen molar-refractivity contribution in [3.63, 3.8) is 0 Å². The van der Waals surface area contributed by atoms with Gasteiger partial charge in [0.25, 0.3) is 0 Å². The molecule has 0 nitrogen and oxygen atoms in total. The van der Waals surface area contributed by atoms with Crippen LogP contribution in [-0.2, 0) is 0 Å². The Hall–Kier alpha value is -0.780. The van der Waals surface area contributed by atoms with Crippen molar-refractivity contribution in [3.05, 3.63) is 35.5 Å². The molecule has 3 rings (SSSR count). The molecule has 0 heteroatoms. The van der Waals surface area contributed by atoms with Gasteiger partial charge in [0.05, 0.1) is 0 Å². The molecule has 0 amide bonds. The van der Waals surface area contributed by atoms with Gasteiger partial charge in [-0.25, -0.2) is 0 Å². The van der Waals surface area contributed by atoms with Crippen LogP contribution in [0.15, 0.2) is 35.5 Å². The normalized spacial score (nSPS) is 38.5. The Morgan fingerprint density at radius 3 is 3.00 bits per heavy atom. The molecule has 1 saturated carbocycles.